The van der Waals surface area contributed by atoms with E-state index >= 15 is 0 Å². The number of hydrogen-bond donors (Lipinski definition) is 0. The summed E-state index contributed by atoms with van der Waals surface area (Å²) in [6, 6.07) is 10.4. The van der Waals surface area contributed by atoms with E-state index in [1.165, 1.54) is 23.5 Å². The Hall–Kier alpha value is -2.53. The maximum absolute atomic E-state index is 13.8. The molecule has 0 unspecified atom stereocenters. The lowest BCUT2D eigenvalue weighted by molar-refractivity contribution is 0.104. The van der Waals surface area contributed by atoms with Crippen molar-refractivity contribution in [1.82, 2.24) is 9.78 Å². The molecule has 0 radical (unpaired) electrons. The minimum Gasteiger partial charge on any atom is -0.289 e. The maximum Gasteiger partial charge on any atom is 0.189 e. The summed E-state index contributed by atoms with van der Waals surface area (Å²) in [7, 11) is 0. The van der Waals surface area contributed by atoms with Crippen LogP contribution in [-0.4, -0.2) is 15.6 Å². The quantitative estimate of drug-likeness (QED) is 0.504. The van der Waals surface area contributed by atoms with E-state index in [0.717, 1.165) is 16.3 Å². The minimum atomic E-state index is -0.243. The zero-order chi connectivity index (χ0) is 16.2. The topological polar surface area (TPSA) is 34.9 Å². The molecule has 3 rings (SSSR count). The molecule has 0 aliphatic carbocycles. The third kappa shape index (κ3) is 3.46. The van der Waals surface area contributed by atoms with E-state index in [1.807, 2.05) is 25.1 Å². The molecule has 1 aromatic carbocycles. The summed E-state index contributed by atoms with van der Waals surface area (Å²) in [6.45, 7) is 2.70. The minimum absolute atomic E-state index is 0.0921. The number of carbonyl (C=O) groups excluding carboxylic acids is 1. The predicted molar refractivity (Wildman–Crippen MR) is 91.0 cm³/mol. The zero-order valence-corrected chi connectivity index (χ0v) is 13.4. The van der Waals surface area contributed by atoms with Gasteiger partial charge in [0, 0.05) is 28.1 Å². The van der Waals surface area contributed by atoms with Crippen LogP contribution in [0.15, 0.2) is 54.9 Å². The van der Waals surface area contributed by atoms with Gasteiger partial charge in [-0.2, -0.15) is 5.10 Å². The number of thiophene rings is 1. The molecule has 0 saturated heterocycles. The van der Waals surface area contributed by atoms with Gasteiger partial charge in [-0.1, -0.05) is 18.2 Å². The Morgan fingerprint density at radius 2 is 2.13 bits per heavy atom. The van der Waals surface area contributed by atoms with Crippen LogP contribution in [0.5, 0.6) is 0 Å². The Kier molecular flexibility index (Phi) is 4.48. The molecule has 2 heterocycles. The maximum atomic E-state index is 13.8. The fourth-order valence-corrected chi connectivity index (χ4v) is 3.10. The van der Waals surface area contributed by atoms with E-state index in [-0.39, 0.29) is 11.6 Å². The first kappa shape index (κ1) is 15.4. The molecule has 0 aliphatic heterocycles. The van der Waals surface area contributed by atoms with Crippen molar-refractivity contribution in [3.05, 3.63) is 71.1 Å². The molecule has 0 atom stereocenters. The van der Waals surface area contributed by atoms with Crippen LogP contribution >= 0.6 is 11.3 Å². The standard InChI is InChI=1S/C18H15FN2OS/c1-2-21-12-13(11-20-21)17(22)9-7-14-8-10-18(23-14)15-5-3-4-6-16(15)19/h3-12H,2H2,1H3/b9-7+. The Bertz CT molecular complexity index is 863. The van der Waals surface area contributed by atoms with Crippen molar-refractivity contribution < 1.29 is 9.18 Å². The van der Waals surface area contributed by atoms with Gasteiger partial charge in [-0.15, -0.1) is 11.3 Å². The largest absolute Gasteiger partial charge is 0.289 e. The number of aryl methyl sites for hydroxylation is 1. The molecule has 0 saturated carbocycles. The Balaban J connectivity index is 1.76. The van der Waals surface area contributed by atoms with Gasteiger partial charge in [0.25, 0.3) is 0 Å². The van der Waals surface area contributed by atoms with E-state index < -0.39 is 0 Å². The van der Waals surface area contributed by atoms with Gasteiger partial charge in [-0.05, 0) is 37.3 Å². The lowest BCUT2D eigenvalue weighted by Gasteiger charge is -1.97. The summed E-state index contributed by atoms with van der Waals surface area (Å²) in [5.74, 6) is -0.335. The third-order valence-electron chi connectivity index (χ3n) is 3.41. The van der Waals surface area contributed by atoms with Gasteiger partial charge in [0.2, 0.25) is 0 Å². The van der Waals surface area contributed by atoms with Crippen molar-refractivity contribution in [1.29, 1.82) is 0 Å². The molecule has 5 heteroatoms. The Morgan fingerprint density at radius 1 is 1.30 bits per heavy atom. The van der Waals surface area contributed by atoms with Crippen LogP contribution in [0.3, 0.4) is 0 Å². The van der Waals surface area contributed by atoms with E-state index in [0.29, 0.717) is 11.1 Å². The smallest absolute Gasteiger partial charge is 0.189 e. The molecule has 0 N–H and O–H groups in total. The highest BCUT2D eigenvalue weighted by Gasteiger charge is 2.07. The van der Waals surface area contributed by atoms with Gasteiger partial charge in [0.15, 0.2) is 5.78 Å². The van der Waals surface area contributed by atoms with Crippen molar-refractivity contribution in [3.8, 4) is 10.4 Å². The normalized spacial score (nSPS) is 11.2. The first-order chi connectivity index (χ1) is 11.2. The van der Waals surface area contributed by atoms with Crippen LogP contribution < -0.4 is 0 Å². The van der Waals surface area contributed by atoms with E-state index in [9.17, 15) is 9.18 Å². The molecule has 116 valence electrons. The summed E-state index contributed by atoms with van der Waals surface area (Å²) in [6.07, 6.45) is 6.57. The molecule has 0 spiro atoms. The first-order valence-corrected chi connectivity index (χ1v) is 8.08. The summed E-state index contributed by atoms with van der Waals surface area (Å²) >= 11 is 1.45. The van der Waals surface area contributed by atoms with Crippen LogP contribution in [-0.2, 0) is 6.54 Å². The first-order valence-electron chi connectivity index (χ1n) is 7.27. The van der Waals surface area contributed by atoms with Crippen molar-refractivity contribution >= 4 is 23.2 Å². The highest BCUT2D eigenvalue weighted by molar-refractivity contribution is 7.16. The molecular formula is C18H15FN2OS. The number of ketones is 1. The number of rotatable bonds is 5. The van der Waals surface area contributed by atoms with Gasteiger partial charge in [-0.3, -0.25) is 9.48 Å². The number of halogens is 1. The van der Waals surface area contributed by atoms with Crippen LogP contribution in [0.2, 0.25) is 0 Å². The highest BCUT2D eigenvalue weighted by Crippen LogP contribution is 2.30. The SMILES string of the molecule is CCn1cc(C(=O)/C=C/c2ccc(-c3ccccc3F)s2)cn1. The second kappa shape index (κ2) is 6.71. The van der Waals surface area contributed by atoms with E-state index in [2.05, 4.69) is 5.10 Å². The monoisotopic (exact) mass is 326 g/mol. The fraction of sp³-hybridized carbons (Fsp3) is 0.111. The molecule has 3 nitrogen and oxygen atoms in total. The van der Waals surface area contributed by atoms with E-state index in [4.69, 9.17) is 0 Å². The van der Waals surface area contributed by atoms with Crippen LogP contribution in [0.4, 0.5) is 4.39 Å². The lowest BCUT2D eigenvalue weighted by Crippen LogP contribution is -1.94. The number of nitrogens with zero attached hydrogens (tertiary/aromatic N) is 2. The van der Waals surface area contributed by atoms with Crippen LogP contribution in [0, 0.1) is 5.82 Å². The van der Waals surface area contributed by atoms with Crippen molar-refractivity contribution in [2.24, 2.45) is 0 Å². The molecule has 0 fully saturated rings. The van der Waals surface area contributed by atoms with Gasteiger partial charge in [0.05, 0.1) is 11.8 Å². The van der Waals surface area contributed by atoms with E-state index in [1.54, 1.807) is 35.3 Å². The molecule has 0 amide bonds. The van der Waals surface area contributed by atoms with Crippen molar-refractivity contribution in [2.45, 2.75) is 13.5 Å². The third-order valence-corrected chi connectivity index (χ3v) is 4.49. The summed E-state index contributed by atoms with van der Waals surface area (Å²) in [5.41, 5.74) is 1.14. The molecule has 2 aromatic heterocycles. The molecule has 23 heavy (non-hydrogen) atoms. The average Bonchev–Trinajstić information content (AvgIpc) is 3.22. The van der Waals surface area contributed by atoms with Crippen molar-refractivity contribution in [2.75, 3.05) is 0 Å². The number of carbonyl (C=O) groups is 1. The number of benzene rings is 1. The van der Waals surface area contributed by atoms with Crippen LogP contribution in [0.1, 0.15) is 22.2 Å². The lowest BCUT2D eigenvalue weighted by atomic mass is 10.2. The molecular weight excluding hydrogens is 311 g/mol. The zero-order valence-electron chi connectivity index (χ0n) is 12.6. The summed E-state index contributed by atoms with van der Waals surface area (Å²) in [5, 5.41) is 4.09. The molecule has 0 aliphatic rings. The summed E-state index contributed by atoms with van der Waals surface area (Å²) in [4.78, 5) is 13.8. The predicted octanol–water partition coefficient (Wildman–Crippen LogP) is 4.67. The Labute approximate surface area is 137 Å². The Morgan fingerprint density at radius 3 is 2.87 bits per heavy atom. The number of hydrogen-bond acceptors (Lipinski definition) is 3. The second-order valence-electron chi connectivity index (χ2n) is 4.96. The molecule has 3 aromatic rings. The number of allylic oxidation sites excluding steroid dienone is 1. The van der Waals surface area contributed by atoms with Crippen molar-refractivity contribution in [3.63, 3.8) is 0 Å². The fourth-order valence-electron chi connectivity index (χ4n) is 2.17. The number of aromatic nitrogens is 2. The second-order valence-corrected chi connectivity index (χ2v) is 6.08. The van der Waals surface area contributed by atoms with Gasteiger partial charge in [0.1, 0.15) is 5.82 Å². The van der Waals surface area contributed by atoms with Gasteiger partial charge in [-0.25, -0.2) is 4.39 Å². The summed E-state index contributed by atoms with van der Waals surface area (Å²) < 4.78 is 15.5. The molecule has 0 bridgehead atoms. The van der Waals surface area contributed by atoms with Gasteiger partial charge >= 0.3 is 0 Å². The highest BCUT2D eigenvalue weighted by atomic mass is 32.1. The average molecular weight is 326 g/mol. The van der Waals surface area contributed by atoms with Gasteiger partial charge < -0.3 is 0 Å². The van der Waals surface area contributed by atoms with Crippen LogP contribution in [0.25, 0.3) is 16.5 Å².